The highest BCUT2D eigenvalue weighted by Gasteiger charge is 2.27. The molecular formula is C22H20N2O5. The summed E-state index contributed by atoms with van der Waals surface area (Å²) in [5.74, 6) is 0.515. The topological polar surface area (TPSA) is 90.7 Å². The van der Waals surface area contributed by atoms with Crippen LogP contribution in [0.1, 0.15) is 32.0 Å². The Balaban J connectivity index is 1.44. The molecule has 1 N–H and O–H groups in total. The van der Waals surface area contributed by atoms with Crippen LogP contribution in [0.2, 0.25) is 0 Å². The van der Waals surface area contributed by atoms with Gasteiger partial charge in [-0.15, -0.1) is 0 Å². The summed E-state index contributed by atoms with van der Waals surface area (Å²) in [4.78, 5) is 24.5. The standard InChI is InChI=1S/C22H20N2O5/c1-13-19(20(24-29-13)14-6-4-3-5-7-14)21(25)23-12-17-11-16-10-15(22(26)27-2)8-9-18(16)28-17/h3-10,17H,11-12H2,1-2H3,(H,23,25). The van der Waals surface area contributed by atoms with Crippen LogP contribution in [0.5, 0.6) is 5.75 Å². The van der Waals surface area contributed by atoms with Gasteiger partial charge in [0.25, 0.3) is 5.91 Å². The molecule has 4 rings (SSSR count). The van der Waals surface area contributed by atoms with E-state index in [-0.39, 0.29) is 18.0 Å². The van der Waals surface area contributed by atoms with E-state index in [0.717, 1.165) is 11.1 Å². The molecule has 3 aromatic rings. The molecule has 7 heteroatoms. The average molecular weight is 392 g/mol. The lowest BCUT2D eigenvalue weighted by atomic mass is 10.0. The summed E-state index contributed by atoms with van der Waals surface area (Å²) in [5, 5.41) is 6.95. The number of esters is 1. The Kier molecular flexibility index (Phi) is 5.03. The van der Waals surface area contributed by atoms with Gasteiger partial charge in [0.15, 0.2) is 0 Å². The van der Waals surface area contributed by atoms with Gasteiger partial charge in [-0.2, -0.15) is 0 Å². The number of aryl methyl sites for hydroxylation is 1. The van der Waals surface area contributed by atoms with Crippen molar-refractivity contribution in [1.82, 2.24) is 10.5 Å². The number of methoxy groups -OCH3 is 1. The summed E-state index contributed by atoms with van der Waals surface area (Å²) in [6.07, 6.45) is 0.372. The van der Waals surface area contributed by atoms with Crippen LogP contribution >= 0.6 is 0 Å². The molecule has 1 amide bonds. The van der Waals surface area contributed by atoms with E-state index in [4.69, 9.17) is 14.0 Å². The molecule has 2 heterocycles. The maximum Gasteiger partial charge on any atom is 0.337 e. The van der Waals surface area contributed by atoms with Crippen LogP contribution in [0.4, 0.5) is 0 Å². The maximum atomic E-state index is 12.8. The molecular weight excluding hydrogens is 372 g/mol. The van der Waals surface area contributed by atoms with Gasteiger partial charge in [0.2, 0.25) is 0 Å². The fraction of sp³-hybridized carbons (Fsp3) is 0.227. The predicted octanol–water partition coefficient (Wildman–Crippen LogP) is 3.17. The van der Waals surface area contributed by atoms with Crippen molar-refractivity contribution in [1.29, 1.82) is 0 Å². The zero-order valence-corrected chi connectivity index (χ0v) is 16.1. The molecule has 0 saturated carbocycles. The molecule has 0 saturated heterocycles. The van der Waals surface area contributed by atoms with Crippen molar-refractivity contribution >= 4 is 11.9 Å². The first-order chi connectivity index (χ1) is 14.1. The Morgan fingerprint density at radius 3 is 2.76 bits per heavy atom. The Labute approximate surface area is 167 Å². The quantitative estimate of drug-likeness (QED) is 0.671. The number of fused-ring (bicyclic) bond motifs is 1. The third-order valence-corrected chi connectivity index (χ3v) is 4.85. The van der Waals surface area contributed by atoms with Gasteiger partial charge in [0.1, 0.15) is 28.9 Å². The molecule has 148 valence electrons. The SMILES string of the molecule is COC(=O)c1ccc2c(c1)CC(CNC(=O)c1c(-c3ccccc3)noc1C)O2. The van der Waals surface area contributed by atoms with Crippen molar-refractivity contribution in [3.63, 3.8) is 0 Å². The number of ether oxygens (including phenoxy) is 2. The smallest absolute Gasteiger partial charge is 0.337 e. The molecule has 1 aromatic heterocycles. The first kappa shape index (κ1) is 18.7. The van der Waals surface area contributed by atoms with Crippen molar-refractivity contribution in [3.05, 3.63) is 71.0 Å². The second-order valence-corrected chi connectivity index (χ2v) is 6.80. The molecule has 2 aromatic carbocycles. The third kappa shape index (κ3) is 3.71. The Morgan fingerprint density at radius 1 is 1.21 bits per heavy atom. The minimum Gasteiger partial charge on any atom is -0.488 e. The molecule has 0 radical (unpaired) electrons. The van der Waals surface area contributed by atoms with Crippen molar-refractivity contribution in [3.8, 4) is 17.0 Å². The monoisotopic (exact) mass is 392 g/mol. The molecule has 0 bridgehead atoms. The molecule has 0 spiro atoms. The Morgan fingerprint density at radius 2 is 2.00 bits per heavy atom. The van der Waals surface area contributed by atoms with Crippen LogP contribution in [-0.4, -0.2) is 36.8 Å². The van der Waals surface area contributed by atoms with E-state index in [1.165, 1.54) is 7.11 Å². The van der Waals surface area contributed by atoms with E-state index in [1.54, 1.807) is 25.1 Å². The van der Waals surface area contributed by atoms with Gasteiger partial charge >= 0.3 is 5.97 Å². The van der Waals surface area contributed by atoms with Gasteiger partial charge in [-0.3, -0.25) is 4.79 Å². The van der Waals surface area contributed by atoms with Crippen LogP contribution in [-0.2, 0) is 11.2 Å². The van der Waals surface area contributed by atoms with Gasteiger partial charge in [-0.1, -0.05) is 35.5 Å². The molecule has 0 aliphatic carbocycles. The zero-order chi connectivity index (χ0) is 20.4. The lowest BCUT2D eigenvalue weighted by Crippen LogP contribution is -2.34. The molecule has 7 nitrogen and oxygen atoms in total. The van der Waals surface area contributed by atoms with Crippen molar-refractivity contribution in [2.24, 2.45) is 0 Å². The number of amides is 1. The first-order valence-corrected chi connectivity index (χ1v) is 9.24. The number of rotatable bonds is 5. The predicted molar refractivity (Wildman–Crippen MR) is 105 cm³/mol. The highest BCUT2D eigenvalue weighted by molar-refractivity contribution is 6.00. The van der Waals surface area contributed by atoms with Crippen LogP contribution in [0.3, 0.4) is 0 Å². The van der Waals surface area contributed by atoms with Crippen LogP contribution in [0.15, 0.2) is 53.1 Å². The van der Waals surface area contributed by atoms with Gasteiger partial charge < -0.3 is 19.3 Å². The van der Waals surface area contributed by atoms with Gasteiger partial charge in [-0.05, 0) is 30.7 Å². The summed E-state index contributed by atoms with van der Waals surface area (Å²) in [6.45, 7) is 2.03. The lowest BCUT2D eigenvalue weighted by molar-refractivity contribution is 0.0600. The van der Waals surface area contributed by atoms with Crippen molar-refractivity contribution < 1.29 is 23.6 Å². The fourth-order valence-corrected chi connectivity index (χ4v) is 3.41. The highest BCUT2D eigenvalue weighted by Crippen LogP contribution is 2.30. The molecule has 0 fully saturated rings. The normalized spacial score (nSPS) is 14.8. The molecule has 1 atom stereocenters. The summed E-state index contributed by atoms with van der Waals surface area (Å²) in [6, 6.07) is 14.6. The van der Waals surface area contributed by atoms with E-state index in [9.17, 15) is 9.59 Å². The van der Waals surface area contributed by atoms with Crippen LogP contribution in [0.25, 0.3) is 11.3 Å². The number of nitrogens with zero attached hydrogens (tertiary/aromatic N) is 1. The lowest BCUT2D eigenvalue weighted by Gasteiger charge is -2.12. The van der Waals surface area contributed by atoms with E-state index in [0.29, 0.717) is 41.3 Å². The summed E-state index contributed by atoms with van der Waals surface area (Å²) in [5.41, 5.74) is 3.14. The van der Waals surface area contributed by atoms with Crippen LogP contribution < -0.4 is 10.1 Å². The summed E-state index contributed by atoms with van der Waals surface area (Å²) >= 11 is 0. The third-order valence-electron chi connectivity index (χ3n) is 4.85. The first-order valence-electron chi connectivity index (χ1n) is 9.24. The minimum atomic E-state index is -0.388. The minimum absolute atomic E-state index is 0.220. The second kappa shape index (κ2) is 7.79. The number of nitrogens with one attached hydrogen (secondary N) is 1. The fourth-order valence-electron chi connectivity index (χ4n) is 3.41. The molecule has 1 unspecified atom stereocenters. The van der Waals surface area contributed by atoms with E-state index in [1.807, 2.05) is 30.3 Å². The van der Waals surface area contributed by atoms with Crippen LogP contribution in [0, 0.1) is 6.92 Å². The van der Waals surface area contributed by atoms with E-state index in [2.05, 4.69) is 10.5 Å². The van der Waals surface area contributed by atoms with Crippen molar-refractivity contribution in [2.45, 2.75) is 19.4 Å². The van der Waals surface area contributed by atoms with E-state index < -0.39 is 0 Å². The largest absolute Gasteiger partial charge is 0.488 e. The summed E-state index contributed by atoms with van der Waals surface area (Å²) in [7, 11) is 1.35. The van der Waals surface area contributed by atoms with Gasteiger partial charge in [0, 0.05) is 12.0 Å². The van der Waals surface area contributed by atoms with E-state index >= 15 is 0 Å². The molecule has 29 heavy (non-hydrogen) atoms. The Bertz CT molecular complexity index is 1060. The summed E-state index contributed by atoms with van der Waals surface area (Å²) < 4.78 is 15.9. The second-order valence-electron chi connectivity index (χ2n) is 6.80. The number of hydrogen-bond acceptors (Lipinski definition) is 6. The number of hydrogen-bond donors (Lipinski definition) is 1. The Hall–Kier alpha value is -3.61. The maximum absolute atomic E-state index is 12.8. The number of benzene rings is 2. The zero-order valence-electron chi connectivity index (χ0n) is 16.1. The molecule has 1 aliphatic rings. The highest BCUT2D eigenvalue weighted by atomic mass is 16.5. The van der Waals surface area contributed by atoms with Gasteiger partial charge in [-0.25, -0.2) is 4.79 Å². The average Bonchev–Trinajstić information content (AvgIpc) is 3.34. The number of aromatic nitrogens is 1. The number of carbonyl (C=O) groups excluding carboxylic acids is 2. The number of carbonyl (C=O) groups is 2. The van der Waals surface area contributed by atoms with Crippen molar-refractivity contribution in [2.75, 3.05) is 13.7 Å². The van der Waals surface area contributed by atoms with Gasteiger partial charge in [0.05, 0.1) is 19.2 Å². The molecule has 1 aliphatic heterocycles.